The van der Waals surface area contributed by atoms with Crippen LogP contribution in [-0.4, -0.2) is 54.0 Å². The highest BCUT2D eigenvalue weighted by Crippen LogP contribution is 2.20. The molecule has 0 amide bonds. The number of aliphatic hydroxyl groups excluding tert-OH is 1. The van der Waals surface area contributed by atoms with Crippen LogP contribution in [0.15, 0.2) is 64.2 Å². The number of nitrogens with zero attached hydrogens (tertiary/aromatic N) is 3. The van der Waals surface area contributed by atoms with Gasteiger partial charge in [-0.2, -0.15) is 4.98 Å². The molecule has 2 atom stereocenters. The van der Waals surface area contributed by atoms with E-state index in [0.717, 1.165) is 15.7 Å². The number of benzene rings is 2. The maximum atomic E-state index is 12.7. The summed E-state index contributed by atoms with van der Waals surface area (Å²) in [5.74, 6) is -0.474. The molecule has 188 valence electrons. The third kappa shape index (κ3) is 5.31. The molecule has 11 heteroatoms. The van der Waals surface area contributed by atoms with Crippen LogP contribution in [0.1, 0.15) is 11.1 Å². The quantitative estimate of drug-likeness (QED) is 0.258. The third-order valence-electron chi connectivity index (χ3n) is 5.81. The van der Waals surface area contributed by atoms with E-state index in [-0.39, 0.29) is 36.7 Å². The van der Waals surface area contributed by atoms with Crippen molar-refractivity contribution in [1.29, 1.82) is 0 Å². The number of anilines is 1. The van der Waals surface area contributed by atoms with E-state index in [1.165, 1.54) is 11.6 Å². The van der Waals surface area contributed by atoms with E-state index < -0.39 is 29.4 Å². The summed E-state index contributed by atoms with van der Waals surface area (Å²) < 4.78 is 8.26. The summed E-state index contributed by atoms with van der Waals surface area (Å²) in [6, 6.07) is 15.3. The summed E-state index contributed by atoms with van der Waals surface area (Å²) in [6.07, 6.45) is -0.926. The number of para-hydroxylation sites is 1. The minimum absolute atomic E-state index is 0.0263. The lowest BCUT2D eigenvalue weighted by molar-refractivity contribution is -0.137. The van der Waals surface area contributed by atoms with Crippen molar-refractivity contribution in [3.8, 4) is 5.75 Å². The number of hydrogen-bond donors (Lipinski definition) is 4. The Kier molecular flexibility index (Phi) is 7.20. The number of aryl methyl sites for hydroxylation is 2. The molecule has 2 unspecified atom stereocenters. The van der Waals surface area contributed by atoms with Gasteiger partial charge >= 0.3 is 11.7 Å². The Balaban J connectivity index is 1.67. The SMILES string of the molecule is Cc1ccccc1OCC(O)Cn1c(NC(Cc2ccccc2)C(=O)O)nc2c1c(=O)[nH]c(=O)n2C. The minimum Gasteiger partial charge on any atom is -0.491 e. The first-order valence-corrected chi connectivity index (χ1v) is 11.3. The molecule has 0 fully saturated rings. The second-order valence-corrected chi connectivity index (χ2v) is 8.49. The van der Waals surface area contributed by atoms with Gasteiger partial charge in [0, 0.05) is 13.5 Å². The number of aromatic amines is 1. The number of aromatic nitrogens is 4. The van der Waals surface area contributed by atoms with Crippen molar-refractivity contribution in [1.82, 2.24) is 19.1 Å². The first-order valence-electron chi connectivity index (χ1n) is 11.3. The van der Waals surface area contributed by atoms with Gasteiger partial charge in [-0.25, -0.2) is 9.59 Å². The monoisotopic (exact) mass is 493 g/mol. The number of carboxylic acid groups (broad SMARTS) is 1. The van der Waals surface area contributed by atoms with Crippen molar-refractivity contribution in [2.75, 3.05) is 11.9 Å². The summed E-state index contributed by atoms with van der Waals surface area (Å²) in [7, 11) is 1.44. The molecule has 4 N–H and O–H groups in total. The van der Waals surface area contributed by atoms with Crippen molar-refractivity contribution in [3.05, 3.63) is 86.6 Å². The number of ether oxygens (including phenoxy) is 1. The van der Waals surface area contributed by atoms with Crippen LogP contribution in [0.5, 0.6) is 5.75 Å². The molecule has 4 aromatic rings. The van der Waals surface area contributed by atoms with Crippen molar-refractivity contribution in [2.24, 2.45) is 7.05 Å². The fraction of sp³-hybridized carbons (Fsp3) is 0.280. The van der Waals surface area contributed by atoms with Crippen molar-refractivity contribution >= 4 is 23.1 Å². The summed E-state index contributed by atoms with van der Waals surface area (Å²) in [4.78, 5) is 43.5. The maximum absolute atomic E-state index is 12.7. The molecule has 2 aromatic carbocycles. The molecule has 0 bridgehead atoms. The van der Waals surface area contributed by atoms with Gasteiger partial charge in [0.1, 0.15) is 24.5 Å². The Morgan fingerprint density at radius 3 is 2.53 bits per heavy atom. The van der Waals surface area contributed by atoms with Gasteiger partial charge < -0.3 is 24.8 Å². The second-order valence-electron chi connectivity index (χ2n) is 8.49. The van der Waals surface area contributed by atoms with Gasteiger partial charge in [-0.3, -0.25) is 14.3 Å². The number of carboxylic acids is 1. The molecule has 2 heterocycles. The average Bonchev–Trinajstić information content (AvgIpc) is 3.20. The molecule has 36 heavy (non-hydrogen) atoms. The molecule has 0 aliphatic heterocycles. The van der Waals surface area contributed by atoms with Gasteiger partial charge in [-0.05, 0) is 24.1 Å². The van der Waals surface area contributed by atoms with E-state index in [1.807, 2.05) is 55.5 Å². The number of nitrogens with one attached hydrogen (secondary N) is 2. The zero-order chi connectivity index (χ0) is 25.8. The lowest BCUT2D eigenvalue weighted by Crippen LogP contribution is -2.34. The highest BCUT2D eigenvalue weighted by molar-refractivity contribution is 5.79. The molecule has 0 saturated heterocycles. The number of rotatable bonds is 10. The Labute approximate surface area is 205 Å². The molecule has 0 spiro atoms. The van der Waals surface area contributed by atoms with E-state index in [4.69, 9.17) is 4.74 Å². The van der Waals surface area contributed by atoms with Gasteiger partial charge in [-0.15, -0.1) is 0 Å². The van der Waals surface area contributed by atoms with Crippen molar-refractivity contribution in [3.63, 3.8) is 0 Å². The predicted molar refractivity (Wildman–Crippen MR) is 133 cm³/mol. The normalized spacial score (nSPS) is 12.9. The van der Waals surface area contributed by atoms with Gasteiger partial charge in [0.25, 0.3) is 5.56 Å². The Hall–Kier alpha value is -4.38. The van der Waals surface area contributed by atoms with E-state index >= 15 is 0 Å². The summed E-state index contributed by atoms with van der Waals surface area (Å²) in [5.41, 5.74) is 0.413. The van der Waals surface area contributed by atoms with Crippen LogP contribution < -0.4 is 21.3 Å². The lowest BCUT2D eigenvalue weighted by atomic mass is 10.1. The highest BCUT2D eigenvalue weighted by Gasteiger charge is 2.25. The molecule has 0 aliphatic carbocycles. The van der Waals surface area contributed by atoms with Gasteiger partial charge in [0.15, 0.2) is 11.2 Å². The molecule has 0 saturated carbocycles. The fourth-order valence-electron chi connectivity index (χ4n) is 3.90. The van der Waals surface area contributed by atoms with Crippen LogP contribution in [0.3, 0.4) is 0 Å². The molecular formula is C25H27N5O6. The van der Waals surface area contributed by atoms with Crippen LogP contribution >= 0.6 is 0 Å². The van der Waals surface area contributed by atoms with Crippen LogP contribution in [0.2, 0.25) is 0 Å². The highest BCUT2D eigenvalue weighted by atomic mass is 16.5. The van der Waals surface area contributed by atoms with Crippen molar-refractivity contribution in [2.45, 2.75) is 32.0 Å². The number of aliphatic hydroxyl groups is 1. The van der Waals surface area contributed by atoms with Crippen LogP contribution in [0.25, 0.3) is 11.2 Å². The number of carbonyl (C=O) groups is 1. The van der Waals surface area contributed by atoms with E-state index in [0.29, 0.717) is 5.75 Å². The number of imidazole rings is 1. The minimum atomic E-state index is -1.12. The zero-order valence-corrected chi connectivity index (χ0v) is 19.8. The molecule has 2 aromatic heterocycles. The third-order valence-corrected chi connectivity index (χ3v) is 5.81. The molecular weight excluding hydrogens is 466 g/mol. The largest absolute Gasteiger partial charge is 0.491 e. The lowest BCUT2D eigenvalue weighted by Gasteiger charge is -2.19. The standard InChI is InChI=1S/C25H27N5O6/c1-15-8-6-7-11-19(15)36-14-17(31)13-30-20-21(29(2)25(35)28-22(20)32)27-24(30)26-18(23(33)34)12-16-9-4-3-5-10-16/h3-11,17-18,31H,12-14H2,1-2H3,(H,26,27)(H,33,34)(H,28,32,35). The molecule has 4 rings (SSSR count). The zero-order valence-electron chi connectivity index (χ0n) is 19.8. The summed E-state index contributed by atoms with van der Waals surface area (Å²) >= 11 is 0. The molecule has 11 nitrogen and oxygen atoms in total. The van der Waals surface area contributed by atoms with Crippen LogP contribution in [0.4, 0.5) is 5.95 Å². The Morgan fingerprint density at radius 1 is 1.14 bits per heavy atom. The number of H-pyrrole nitrogens is 1. The van der Waals surface area contributed by atoms with Crippen LogP contribution in [0, 0.1) is 6.92 Å². The van der Waals surface area contributed by atoms with E-state index in [1.54, 1.807) is 6.07 Å². The number of fused-ring (bicyclic) bond motifs is 1. The molecule has 0 radical (unpaired) electrons. The maximum Gasteiger partial charge on any atom is 0.329 e. The van der Waals surface area contributed by atoms with Gasteiger partial charge in [0.05, 0.1) is 6.54 Å². The smallest absolute Gasteiger partial charge is 0.329 e. The first-order chi connectivity index (χ1) is 17.2. The number of aliphatic carboxylic acids is 1. The fourth-order valence-corrected chi connectivity index (χ4v) is 3.90. The van der Waals surface area contributed by atoms with Gasteiger partial charge in [-0.1, -0.05) is 48.5 Å². The predicted octanol–water partition coefficient (Wildman–Crippen LogP) is 1.28. The molecule has 0 aliphatic rings. The number of hydrogen-bond acceptors (Lipinski definition) is 7. The summed E-state index contributed by atoms with van der Waals surface area (Å²) in [6.45, 7) is 1.66. The second kappa shape index (κ2) is 10.5. The summed E-state index contributed by atoms with van der Waals surface area (Å²) in [5, 5.41) is 23.5. The van der Waals surface area contributed by atoms with Crippen molar-refractivity contribution < 1.29 is 19.7 Å². The van der Waals surface area contributed by atoms with E-state index in [9.17, 15) is 24.6 Å². The first kappa shape index (κ1) is 24.7. The average molecular weight is 494 g/mol. The Morgan fingerprint density at radius 2 is 1.83 bits per heavy atom. The van der Waals surface area contributed by atoms with Crippen LogP contribution in [-0.2, 0) is 24.8 Å². The topological polar surface area (TPSA) is 151 Å². The Bertz CT molecular complexity index is 1490. The van der Waals surface area contributed by atoms with E-state index in [2.05, 4.69) is 15.3 Å². The van der Waals surface area contributed by atoms with Gasteiger partial charge in [0.2, 0.25) is 5.95 Å².